The number of ketones is 1. The molecule has 0 bridgehead atoms. The van der Waals surface area contributed by atoms with Crippen molar-refractivity contribution in [3.05, 3.63) is 0 Å². The average Bonchev–Trinajstić information content (AvgIpc) is 1.86. The second kappa shape index (κ2) is 3.00. The van der Waals surface area contributed by atoms with Crippen molar-refractivity contribution in [1.82, 2.24) is 0 Å². The summed E-state index contributed by atoms with van der Waals surface area (Å²) in [5, 5.41) is 0. The number of unbranched alkanes of at least 4 members (excludes halogenated alkanes) is 1. The number of carbonyl (C=O) groups is 1. The lowest BCUT2D eigenvalue weighted by molar-refractivity contribution is -0.129. The van der Waals surface area contributed by atoms with E-state index in [2.05, 4.69) is 6.92 Å². The van der Waals surface area contributed by atoms with E-state index in [1.807, 2.05) is 0 Å². The molecule has 0 saturated heterocycles. The lowest BCUT2D eigenvalue weighted by Gasteiger charge is -2.23. The van der Waals surface area contributed by atoms with Gasteiger partial charge in [-0.15, -0.1) is 0 Å². The SMILES string of the molecule is CCCCC1CCC1=O. The molecule has 0 radical (unpaired) electrons. The monoisotopic (exact) mass is 126 g/mol. The molecule has 0 aliphatic heterocycles. The van der Waals surface area contributed by atoms with Crippen LogP contribution >= 0.6 is 0 Å². The van der Waals surface area contributed by atoms with Crippen LogP contribution in [0.1, 0.15) is 39.0 Å². The van der Waals surface area contributed by atoms with Gasteiger partial charge in [-0.05, 0) is 12.8 Å². The number of hydrogen-bond acceptors (Lipinski definition) is 1. The van der Waals surface area contributed by atoms with Crippen LogP contribution in [0.2, 0.25) is 0 Å². The van der Waals surface area contributed by atoms with E-state index in [-0.39, 0.29) is 0 Å². The van der Waals surface area contributed by atoms with Gasteiger partial charge in [0.1, 0.15) is 5.78 Å². The van der Waals surface area contributed by atoms with Crippen LogP contribution < -0.4 is 0 Å². The van der Waals surface area contributed by atoms with E-state index in [9.17, 15) is 4.79 Å². The summed E-state index contributed by atoms with van der Waals surface area (Å²) in [6.07, 6.45) is 5.63. The van der Waals surface area contributed by atoms with Crippen LogP contribution in [-0.4, -0.2) is 5.78 Å². The zero-order chi connectivity index (χ0) is 6.69. The van der Waals surface area contributed by atoms with Gasteiger partial charge in [0, 0.05) is 12.3 Å². The molecule has 1 fully saturated rings. The molecule has 0 amide bonds. The summed E-state index contributed by atoms with van der Waals surface area (Å²) in [6.45, 7) is 2.17. The Hall–Kier alpha value is -0.330. The standard InChI is InChI=1S/C8H14O/c1-2-3-4-7-5-6-8(7)9/h7H,2-6H2,1H3. The van der Waals surface area contributed by atoms with Crippen molar-refractivity contribution in [1.29, 1.82) is 0 Å². The van der Waals surface area contributed by atoms with Gasteiger partial charge in [0.25, 0.3) is 0 Å². The molecule has 52 valence electrons. The van der Waals surface area contributed by atoms with Crippen molar-refractivity contribution in [3.63, 3.8) is 0 Å². The molecule has 9 heavy (non-hydrogen) atoms. The molecule has 1 heteroatoms. The maximum absolute atomic E-state index is 10.7. The molecule has 1 aliphatic carbocycles. The molecular formula is C8H14O. The van der Waals surface area contributed by atoms with Crippen LogP contribution in [0.15, 0.2) is 0 Å². The molecule has 1 aliphatic rings. The van der Waals surface area contributed by atoms with Gasteiger partial charge < -0.3 is 0 Å². The molecule has 1 unspecified atom stereocenters. The first-order valence-corrected chi connectivity index (χ1v) is 3.87. The fourth-order valence-electron chi connectivity index (χ4n) is 1.22. The molecule has 0 spiro atoms. The van der Waals surface area contributed by atoms with Crippen LogP contribution in [0.3, 0.4) is 0 Å². The van der Waals surface area contributed by atoms with Crippen LogP contribution in [0.5, 0.6) is 0 Å². The number of carbonyl (C=O) groups excluding carboxylic acids is 1. The van der Waals surface area contributed by atoms with E-state index in [1.54, 1.807) is 0 Å². The van der Waals surface area contributed by atoms with Crippen LogP contribution in [-0.2, 0) is 4.79 Å². The highest BCUT2D eigenvalue weighted by molar-refractivity contribution is 5.86. The first-order valence-electron chi connectivity index (χ1n) is 3.87. The van der Waals surface area contributed by atoms with Crippen molar-refractivity contribution in [2.24, 2.45) is 5.92 Å². The lowest BCUT2D eigenvalue weighted by atomic mass is 9.80. The predicted molar refractivity (Wildman–Crippen MR) is 37.3 cm³/mol. The minimum atomic E-state index is 0.463. The minimum Gasteiger partial charge on any atom is -0.299 e. The molecular weight excluding hydrogens is 112 g/mol. The summed E-state index contributed by atoms with van der Waals surface area (Å²) in [7, 11) is 0. The highest BCUT2D eigenvalue weighted by Crippen LogP contribution is 2.26. The highest BCUT2D eigenvalue weighted by Gasteiger charge is 2.26. The van der Waals surface area contributed by atoms with Crippen molar-refractivity contribution in [3.8, 4) is 0 Å². The molecule has 0 aromatic heterocycles. The molecule has 1 saturated carbocycles. The van der Waals surface area contributed by atoms with Crippen molar-refractivity contribution in [2.75, 3.05) is 0 Å². The Bertz CT molecular complexity index is 107. The van der Waals surface area contributed by atoms with Crippen LogP contribution in [0, 0.1) is 5.92 Å². The zero-order valence-corrected chi connectivity index (χ0v) is 6.02. The van der Waals surface area contributed by atoms with Gasteiger partial charge in [0.15, 0.2) is 0 Å². The van der Waals surface area contributed by atoms with E-state index in [0.717, 1.165) is 12.8 Å². The van der Waals surface area contributed by atoms with E-state index in [1.165, 1.54) is 19.3 Å². The fourth-order valence-corrected chi connectivity index (χ4v) is 1.22. The van der Waals surface area contributed by atoms with E-state index in [0.29, 0.717) is 11.7 Å². The normalized spacial score (nSPS) is 25.9. The van der Waals surface area contributed by atoms with Crippen molar-refractivity contribution >= 4 is 5.78 Å². The highest BCUT2D eigenvalue weighted by atomic mass is 16.1. The molecule has 1 nitrogen and oxygen atoms in total. The van der Waals surface area contributed by atoms with Crippen molar-refractivity contribution in [2.45, 2.75) is 39.0 Å². The van der Waals surface area contributed by atoms with Gasteiger partial charge in [-0.1, -0.05) is 19.8 Å². The predicted octanol–water partition coefficient (Wildman–Crippen LogP) is 2.16. The average molecular weight is 126 g/mol. The number of Topliss-reactive ketones (excluding diaryl/α,β-unsaturated/α-hetero) is 1. The number of hydrogen-bond donors (Lipinski definition) is 0. The lowest BCUT2D eigenvalue weighted by Crippen LogP contribution is -2.25. The van der Waals surface area contributed by atoms with Crippen molar-refractivity contribution < 1.29 is 4.79 Å². The van der Waals surface area contributed by atoms with Gasteiger partial charge in [0.05, 0.1) is 0 Å². The number of rotatable bonds is 3. The third kappa shape index (κ3) is 1.54. The quantitative estimate of drug-likeness (QED) is 0.566. The van der Waals surface area contributed by atoms with Crippen LogP contribution in [0.25, 0.3) is 0 Å². The van der Waals surface area contributed by atoms with Gasteiger partial charge in [-0.2, -0.15) is 0 Å². The van der Waals surface area contributed by atoms with Gasteiger partial charge >= 0.3 is 0 Å². The Kier molecular flexibility index (Phi) is 2.26. The van der Waals surface area contributed by atoms with E-state index >= 15 is 0 Å². The third-order valence-corrected chi connectivity index (χ3v) is 2.10. The first kappa shape index (κ1) is 6.79. The molecule has 1 atom stereocenters. The summed E-state index contributed by atoms with van der Waals surface area (Å²) in [4.78, 5) is 10.7. The van der Waals surface area contributed by atoms with E-state index < -0.39 is 0 Å². The zero-order valence-electron chi connectivity index (χ0n) is 6.02. The first-order chi connectivity index (χ1) is 4.34. The largest absolute Gasteiger partial charge is 0.299 e. The minimum absolute atomic E-state index is 0.463. The third-order valence-electron chi connectivity index (χ3n) is 2.10. The fraction of sp³-hybridized carbons (Fsp3) is 0.875. The Morgan fingerprint density at radius 2 is 2.44 bits per heavy atom. The Labute approximate surface area is 56.4 Å². The second-order valence-electron chi connectivity index (χ2n) is 2.84. The smallest absolute Gasteiger partial charge is 0.136 e. The molecule has 0 aromatic carbocycles. The van der Waals surface area contributed by atoms with E-state index in [4.69, 9.17) is 0 Å². The molecule has 0 N–H and O–H groups in total. The topological polar surface area (TPSA) is 17.1 Å². The maximum atomic E-state index is 10.7. The summed E-state index contributed by atoms with van der Waals surface area (Å²) < 4.78 is 0. The molecule has 1 rings (SSSR count). The van der Waals surface area contributed by atoms with Gasteiger partial charge in [0.2, 0.25) is 0 Å². The Morgan fingerprint density at radius 1 is 1.67 bits per heavy atom. The summed E-state index contributed by atoms with van der Waals surface area (Å²) in [5.74, 6) is 0.966. The van der Waals surface area contributed by atoms with Gasteiger partial charge in [-0.3, -0.25) is 4.79 Å². The Morgan fingerprint density at radius 3 is 2.78 bits per heavy atom. The summed E-state index contributed by atoms with van der Waals surface area (Å²) >= 11 is 0. The van der Waals surface area contributed by atoms with Gasteiger partial charge in [-0.25, -0.2) is 0 Å². The maximum Gasteiger partial charge on any atom is 0.136 e. The molecule has 0 heterocycles. The summed E-state index contributed by atoms with van der Waals surface area (Å²) in [5.41, 5.74) is 0. The summed E-state index contributed by atoms with van der Waals surface area (Å²) in [6, 6.07) is 0. The molecule has 0 aromatic rings. The van der Waals surface area contributed by atoms with Crippen LogP contribution in [0.4, 0.5) is 0 Å². The second-order valence-corrected chi connectivity index (χ2v) is 2.84. The Balaban J connectivity index is 2.06.